The molecule has 0 saturated carbocycles. The molecule has 4 nitrogen and oxygen atoms in total. The Labute approximate surface area is 78.2 Å². The van der Waals surface area contributed by atoms with Crippen LogP contribution in [-0.4, -0.2) is 17.2 Å². The molecule has 1 heterocycles. The van der Waals surface area contributed by atoms with E-state index in [-0.39, 0.29) is 11.4 Å². The van der Waals surface area contributed by atoms with Crippen LogP contribution in [0, 0.1) is 11.8 Å². The Balaban J connectivity index is 2.76. The molecule has 0 saturated heterocycles. The van der Waals surface area contributed by atoms with E-state index in [9.17, 15) is 14.7 Å². The summed E-state index contributed by atoms with van der Waals surface area (Å²) in [6, 6.07) is 0. The summed E-state index contributed by atoms with van der Waals surface area (Å²) in [6.07, 6.45) is 0.789. The molecule has 0 radical (unpaired) electrons. The van der Waals surface area contributed by atoms with Gasteiger partial charge >= 0.3 is 0 Å². The number of aromatic carboxylic acids is 1. The van der Waals surface area contributed by atoms with E-state index < -0.39 is 5.97 Å². The SMILES string of the molecule is O=CCC#Cc1csc(C(=O)[O-])n1. The van der Waals surface area contributed by atoms with Crippen LogP contribution in [0.2, 0.25) is 0 Å². The number of rotatable bonds is 2. The van der Waals surface area contributed by atoms with Gasteiger partial charge in [-0.05, 0) is 5.92 Å². The van der Waals surface area contributed by atoms with Crippen LogP contribution in [0.5, 0.6) is 0 Å². The highest BCUT2D eigenvalue weighted by atomic mass is 32.1. The summed E-state index contributed by atoms with van der Waals surface area (Å²) in [5, 5.41) is 11.7. The average Bonchev–Trinajstić information content (AvgIpc) is 2.53. The number of carbonyl (C=O) groups is 2. The van der Waals surface area contributed by atoms with Gasteiger partial charge in [0.1, 0.15) is 23.0 Å². The lowest BCUT2D eigenvalue weighted by molar-refractivity contribution is -0.255. The number of carboxylic acid groups (broad SMARTS) is 1. The molecular weight excluding hydrogens is 190 g/mol. The lowest BCUT2D eigenvalue weighted by Gasteiger charge is -1.90. The minimum atomic E-state index is -1.31. The molecule has 0 atom stereocenters. The molecule has 0 fully saturated rings. The van der Waals surface area contributed by atoms with Crippen LogP contribution in [0.1, 0.15) is 21.9 Å². The summed E-state index contributed by atoms with van der Waals surface area (Å²) < 4.78 is 0. The fourth-order valence-corrected chi connectivity index (χ4v) is 1.19. The summed E-state index contributed by atoms with van der Waals surface area (Å²) in [5.41, 5.74) is 0.353. The van der Waals surface area contributed by atoms with E-state index >= 15 is 0 Å². The van der Waals surface area contributed by atoms with Gasteiger partial charge in [-0.25, -0.2) is 4.98 Å². The fraction of sp³-hybridized carbons (Fsp3) is 0.125. The van der Waals surface area contributed by atoms with Crippen LogP contribution in [0.4, 0.5) is 0 Å². The topological polar surface area (TPSA) is 70.1 Å². The zero-order valence-electron chi connectivity index (χ0n) is 6.44. The number of carbonyl (C=O) groups excluding carboxylic acids is 2. The highest BCUT2D eigenvalue weighted by molar-refractivity contribution is 7.11. The molecule has 0 spiro atoms. The van der Waals surface area contributed by atoms with Gasteiger partial charge < -0.3 is 14.7 Å². The van der Waals surface area contributed by atoms with Crippen LogP contribution < -0.4 is 5.11 Å². The number of thiazole rings is 1. The van der Waals surface area contributed by atoms with Gasteiger partial charge in [0.25, 0.3) is 0 Å². The lowest BCUT2D eigenvalue weighted by atomic mass is 10.4. The van der Waals surface area contributed by atoms with E-state index in [1.807, 2.05) is 0 Å². The molecule has 66 valence electrons. The number of aromatic nitrogens is 1. The molecule has 0 bridgehead atoms. The average molecular weight is 194 g/mol. The monoisotopic (exact) mass is 194 g/mol. The number of hydrogen-bond acceptors (Lipinski definition) is 5. The van der Waals surface area contributed by atoms with Crippen molar-refractivity contribution in [3.63, 3.8) is 0 Å². The van der Waals surface area contributed by atoms with Gasteiger partial charge in [0.2, 0.25) is 0 Å². The summed E-state index contributed by atoms with van der Waals surface area (Å²) >= 11 is 0.952. The van der Waals surface area contributed by atoms with Crippen molar-refractivity contribution in [3.05, 3.63) is 16.1 Å². The molecule has 0 aliphatic carbocycles. The van der Waals surface area contributed by atoms with E-state index in [4.69, 9.17) is 0 Å². The van der Waals surface area contributed by atoms with Crippen molar-refractivity contribution in [2.24, 2.45) is 0 Å². The smallest absolute Gasteiger partial charge is 0.140 e. The highest BCUT2D eigenvalue weighted by Gasteiger charge is 1.98. The maximum absolute atomic E-state index is 10.3. The first-order valence-corrected chi connectivity index (χ1v) is 4.21. The lowest BCUT2D eigenvalue weighted by Crippen LogP contribution is -2.21. The largest absolute Gasteiger partial charge is 0.542 e. The normalized spacial score (nSPS) is 8.62. The molecule has 0 unspecified atom stereocenters. The molecule has 5 heteroatoms. The third-order valence-corrected chi connectivity index (χ3v) is 1.90. The summed E-state index contributed by atoms with van der Waals surface area (Å²) in [6.45, 7) is 0. The Bertz CT molecular complexity index is 386. The Morgan fingerprint density at radius 1 is 1.77 bits per heavy atom. The Kier molecular flexibility index (Phi) is 3.17. The van der Waals surface area contributed by atoms with Crippen LogP contribution in [0.3, 0.4) is 0 Å². The minimum Gasteiger partial charge on any atom is -0.542 e. The molecule has 0 aliphatic rings. The van der Waals surface area contributed by atoms with Gasteiger partial charge in [-0.15, -0.1) is 11.3 Å². The Hall–Kier alpha value is -1.67. The molecule has 13 heavy (non-hydrogen) atoms. The van der Waals surface area contributed by atoms with E-state index in [0.717, 1.165) is 11.3 Å². The maximum Gasteiger partial charge on any atom is 0.140 e. The quantitative estimate of drug-likeness (QED) is 0.467. The van der Waals surface area contributed by atoms with Gasteiger partial charge in [0.15, 0.2) is 0 Å². The molecule has 0 amide bonds. The predicted octanol–water partition coefficient (Wildman–Crippen LogP) is -0.553. The second-order valence-corrected chi connectivity index (χ2v) is 2.86. The third-order valence-electron chi connectivity index (χ3n) is 1.08. The molecule has 0 aromatic carbocycles. The van der Waals surface area contributed by atoms with Gasteiger partial charge in [-0.1, -0.05) is 5.92 Å². The number of carboxylic acids is 1. The standard InChI is InChI=1S/C8H5NO3S/c10-4-2-1-3-6-5-13-7(9-6)8(11)12/h4-5H,2H2,(H,11,12)/p-1. The van der Waals surface area contributed by atoms with Crippen molar-refractivity contribution in [1.82, 2.24) is 4.98 Å². The van der Waals surface area contributed by atoms with Gasteiger partial charge in [-0.2, -0.15) is 0 Å². The molecule has 1 aromatic heterocycles. The zero-order chi connectivity index (χ0) is 9.68. The van der Waals surface area contributed by atoms with E-state index in [1.165, 1.54) is 5.38 Å². The van der Waals surface area contributed by atoms with Gasteiger partial charge in [0, 0.05) is 5.38 Å². The maximum atomic E-state index is 10.3. The van der Waals surface area contributed by atoms with Crippen molar-refractivity contribution < 1.29 is 14.7 Å². The zero-order valence-corrected chi connectivity index (χ0v) is 7.26. The van der Waals surface area contributed by atoms with E-state index in [2.05, 4.69) is 16.8 Å². The minimum absolute atomic E-state index is 0.101. The number of hydrogen-bond donors (Lipinski definition) is 0. The first-order chi connectivity index (χ1) is 6.24. The van der Waals surface area contributed by atoms with Crippen molar-refractivity contribution in [1.29, 1.82) is 0 Å². The summed E-state index contributed by atoms with van der Waals surface area (Å²) in [5.74, 6) is 3.75. The fourth-order valence-electron chi connectivity index (χ4n) is 0.608. The Morgan fingerprint density at radius 3 is 3.08 bits per heavy atom. The van der Waals surface area contributed by atoms with Gasteiger partial charge in [-0.3, -0.25) is 0 Å². The van der Waals surface area contributed by atoms with Gasteiger partial charge in [0.05, 0.1) is 6.42 Å². The second-order valence-electron chi connectivity index (χ2n) is 2.00. The van der Waals surface area contributed by atoms with E-state index in [0.29, 0.717) is 12.0 Å². The Morgan fingerprint density at radius 2 is 2.54 bits per heavy atom. The van der Waals surface area contributed by atoms with E-state index in [1.54, 1.807) is 0 Å². The number of nitrogens with zero attached hydrogens (tertiary/aromatic N) is 1. The predicted molar refractivity (Wildman–Crippen MR) is 44.0 cm³/mol. The summed E-state index contributed by atoms with van der Waals surface area (Å²) in [4.78, 5) is 23.8. The molecule has 1 aromatic rings. The summed E-state index contributed by atoms with van der Waals surface area (Å²) in [7, 11) is 0. The molecule has 0 aliphatic heterocycles. The van der Waals surface area contributed by atoms with Crippen LogP contribution in [0.15, 0.2) is 5.38 Å². The second kappa shape index (κ2) is 4.38. The molecule has 1 rings (SSSR count). The third kappa shape index (κ3) is 2.69. The van der Waals surface area contributed by atoms with Crippen LogP contribution >= 0.6 is 11.3 Å². The van der Waals surface area contributed by atoms with Crippen molar-refractivity contribution in [2.75, 3.05) is 0 Å². The van der Waals surface area contributed by atoms with Crippen molar-refractivity contribution >= 4 is 23.6 Å². The molecule has 0 N–H and O–H groups in total. The number of aldehydes is 1. The van der Waals surface area contributed by atoms with Crippen LogP contribution in [0.25, 0.3) is 0 Å². The van der Waals surface area contributed by atoms with Crippen molar-refractivity contribution in [2.45, 2.75) is 6.42 Å². The first-order valence-electron chi connectivity index (χ1n) is 3.33. The van der Waals surface area contributed by atoms with Crippen molar-refractivity contribution in [3.8, 4) is 11.8 Å². The highest BCUT2D eigenvalue weighted by Crippen LogP contribution is 2.06. The molecular formula is C8H4NO3S-. The van der Waals surface area contributed by atoms with Crippen LogP contribution in [-0.2, 0) is 4.79 Å². The first kappa shape index (κ1) is 9.42.